The zero-order chi connectivity index (χ0) is 38.7. The molecule has 0 atom stereocenters. The van der Waals surface area contributed by atoms with Gasteiger partial charge < -0.3 is 9.55 Å². The van der Waals surface area contributed by atoms with Gasteiger partial charge in [0.1, 0.15) is 11.6 Å². The first-order valence-corrected chi connectivity index (χ1v) is 19.3. The fourth-order valence-corrected chi connectivity index (χ4v) is 8.24. The molecule has 11 aromatic rings. The lowest BCUT2D eigenvalue weighted by atomic mass is 9.98. The lowest BCUT2D eigenvalue weighted by Gasteiger charge is -2.16. The van der Waals surface area contributed by atoms with Crippen LogP contribution in [0.15, 0.2) is 164 Å². The van der Waals surface area contributed by atoms with E-state index in [-0.39, 0.29) is 0 Å². The van der Waals surface area contributed by atoms with E-state index in [1.807, 2.05) is 74.5 Å². The molecule has 8 heteroatoms. The van der Waals surface area contributed by atoms with Crippen LogP contribution in [-0.2, 0) is 0 Å². The van der Waals surface area contributed by atoms with Crippen molar-refractivity contribution >= 4 is 43.6 Å². The normalized spacial score (nSPS) is 11.6. The topological polar surface area (TPSA) is 98.1 Å². The van der Waals surface area contributed by atoms with Gasteiger partial charge in [0.25, 0.3) is 0 Å². The van der Waals surface area contributed by atoms with Crippen molar-refractivity contribution in [2.75, 3.05) is 0 Å². The molecule has 0 spiro atoms. The molecule has 0 fully saturated rings. The molecule has 0 saturated heterocycles. The third kappa shape index (κ3) is 5.61. The van der Waals surface area contributed by atoms with Crippen LogP contribution in [0.2, 0.25) is 0 Å². The Kier molecular flexibility index (Phi) is 7.75. The predicted octanol–water partition coefficient (Wildman–Crippen LogP) is 11.7. The molecular formula is C50H34N8. The van der Waals surface area contributed by atoms with Gasteiger partial charge in [-0.25, -0.2) is 29.9 Å². The molecule has 0 radical (unpaired) electrons. The minimum absolute atomic E-state index is 0.576. The summed E-state index contributed by atoms with van der Waals surface area (Å²) in [6.07, 6.45) is 0. The Hall–Kier alpha value is -7.84. The van der Waals surface area contributed by atoms with E-state index in [9.17, 15) is 0 Å². The van der Waals surface area contributed by atoms with E-state index in [1.165, 1.54) is 10.8 Å². The van der Waals surface area contributed by atoms with Gasteiger partial charge in [-0.2, -0.15) is 0 Å². The van der Waals surface area contributed by atoms with Gasteiger partial charge in [0.2, 0.25) is 0 Å². The number of hydrogen-bond donors (Lipinski definition) is 1. The summed E-state index contributed by atoms with van der Waals surface area (Å²) in [5.74, 6) is 3.83. The minimum atomic E-state index is 0.576. The van der Waals surface area contributed by atoms with E-state index < -0.39 is 0 Å². The lowest BCUT2D eigenvalue weighted by molar-refractivity contribution is 0.929. The number of hydrogen-bond acceptors (Lipinski definition) is 6. The Balaban J connectivity index is 1.21. The van der Waals surface area contributed by atoms with Crippen molar-refractivity contribution in [3.63, 3.8) is 0 Å². The van der Waals surface area contributed by atoms with Crippen LogP contribution in [-0.4, -0.2) is 39.5 Å². The average molecular weight is 747 g/mol. The maximum absolute atomic E-state index is 5.27. The van der Waals surface area contributed by atoms with Crippen LogP contribution in [0.4, 0.5) is 0 Å². The molecule has 58 heavy (non-hydrogen) atoms. The van der Waals surface area contributed by atoms with Crippen molar-refractivity contribution in [2.24, 2.45) is 0 Å². The van der Waals surface area contributed by atoms with Crippen LogP contribution in [0, 0.1) is 13.8 Å². The van der Waals surface area contributed by atoms with Crippen molar-refractivity contribution in [1.29, 1.82) is 0 Å². The molecule has 0 aliphatic heterocycles. The minimum Gasteiger partial charge on any atom is -0.354 e. The van der Waals surface area contributed by atoms with Gasteiger partial charge in [0, 0.05) is 54.9 Å². The molecule has 4 heterocycles. The van der Waals surface area contributed by atoms with E-state index in [0.717, 1.165) is 71.9 Å². The Bertz CT molecular complexity index is 3290. The molecular weight excluding hydrogens is 713 g/mol. The number of H-pyrrole nitrogens is 1. The largest absolute Gasteiger partial charge is 0.354 e. The highest BCUT2D eigenvalue weighted by Crippen LogP contribution is 2.41. The highest BCUT2D eigenvalue weighted by molar-refractivity contribution is 6.13. The summed E-state index contributed by atoms with van der Waals surface area (Å²) in [4.78, 5) is 33.1. The number of para-hydroxylation sites is 3. The van der Waals surface area contributed by atoms with Crippen LogP contribution in [0.1, 0.15) is 11.6 Å². The Morgan fingerprint density at radius 3 is 1.71 bits per heavy atom. The molecule has 0 saturated carbocycles. The van der Waals surface area contributed by atoms with E-state index >= 15 is 0 Å². The Labute approximate surface area is 333 Å². The van der Waals surface area contributed by atoms with Gasteiger partial charge in [0.15, 0.2) is 23.3 Å². The maximum atomic E-state index is 5.27. The smallest absolute Gasteiger partial charge is 0.166 e. The monoisotopic (exact) mass is 746 g/mol. The second-order valence-electron chi connectivity index (χ2n) is 14.5. The summed E-state index contributed by atoms with van der Waals surface area (Å²) in [7, 11) is 0. The van der Waals surface area contributed by atoms with Crippen LogP contribution >= 0.6 is 0 Å². The third-order valence-electron chi connectivity index (χ3n) is 10.8. The summed E-state index contributed by atoms with van der Waals surface area (Å²) in [6.45, 7) is 3.81. The zero-order valence-electron chi connectivity index (χ0n) is 31.7. The first kappa shape index (κ1) is 33.5. The molecule has 11 rings (SSSR count). The molecule has 4 aromatic heterocycles. The maximum Gasteiger partial charge on any atom is 0.166 e. The number of aromatic nitrogens is 8. The second kappa shape index (κ2) is 13.4. The number of fused-ring (bicyclic) bond motifs is 6. The third-order valence-corrected chi connectivity index (χ3v) is 10.8. The van der Waals surface area contributed by atoms with E-state index in [2.05, 4.69) is 118 Å². The quantitative estimate of drug-likeness (QED) is 0.182. The van der Waals surface area contributed by atoms with Crippen molar-refractivity contribution in [2.45, 2.75) is 13.8 Å². The van der Waals surface area contributed by atoms with Crippen LogP contribution in [0.5, 0.6) is 0 Å². The first-order valence-electron chi connectivity index (χ1n) is 19.3. The van der Waals surface area contributed by atoms with Crippen molar-refractivity contribution in [3.8, 4) is 62.4 Å². The van der Waals surface area contributed by atoms with E-state index in [0.29, 0.717) is 34.9 Å². The molecule has 8 nitrogen and oxygen atoms in total. The fraction of sp³-hybridized carbons (Fsp3) is 0.0400. The van der Waals surface area contributed by atoms with Crippen LogP contribution < -0.4 is 0 Å². The molecule has 0 bridgehead atoms. The van der Waals surface area contributed by atoms with Crippen molar-refractivity contribution in [1.82, 2.24) is 39.5 Å². The van der Waals surface area contributed by atoms with E-state index in [1.54, 1.807) is 0 Å². The SMILES string of the molecule is Cc1nc(C)nc(-c2ccc3c(c2)c2ccccc2n3-c2ccc(-c3cccc4c3[nH]c3ccccc34)cc2-c2nc(-c3ccccc3)nc(-c3ccccc3)n2)n1. The number of nitrogens with one attached hydrogen (secondary N) is 1. The summed E-state index contributed by atoms with van der Waals surface area (Å²) in [6, 6.07) is 56.8. The standard InChI is InChI=1S/C50H34N8/c1-30-51-31(2)53-49(52-30)35-25-27-44-40(29-35)38-19-10-12-23-43(38)58(44)45-26-24-34(36-20-13-21-39-37-18-9-11-22-42(37)54-46(36)39)28-41(45)50-56-47(32-14-5-3-6-15-32)55-48(57-50)33-16-7-4-8-17-33/h3-29,54H,1-2H3. The molecule has 0 amide bonds. The molecule has 0 aliphatic rings. The van der Waals surface area contributed by atoms with Gasteiger partial charge >= 0.3 is 0 Å². The first-order chi connectivity index (χ1) is 28.6. The molecule has 274 valence electrons. The van der Waals surface area contributed by atoms with Crippen molar-refractivity contribution in [3.05, 3.63) is 175 Å². The number of rotatable bonds is 6. The summed E-state index contributed by atoms with van der Waals surface area (Å²) in [5.41, 5.74) is 11.0. The van der Waals surface area contributed by atoms with Gasteiger partial charge in [-0.05, 0) is 61.9 Å². The van der Waals surface area contributed by atoms with Crippen molar-refractivity contribution < 1.29 is 0 Å². The Morgan fingerprint density at radius 1 is 0.379 bits per heavy atom. The summed E-state index contributed by atoms with van der Waals surface area (Å²) in [5, 5.41) is 4.58. The molecule has 7 aromatic carbocycles. The zero-order valence-corrected chi connectivity index (χ0v) is 31.7. The van der Waals surface area contributed by atoms with Gasteiger partial charge in [-0.1, -0.05) is 121 Å². The number of benzene rings is 7. The summed E-state index contributed by atoms with van der Waals surface area (Å²) >= 11 is 0. The fourth-order valence-electron chi connectivity index (χ4n) is 8.24. The predicted molar refractivity (Wildman–Crippen MR) is 234 cm³/mol. The Morgan fingerprint density at radius 2 is 0.966 bits per heavy atom. The second-order valence-corrected chi connectivity index (χ2v) is 14.5. The average Bonchev–Trinajstić information content (AvgIpc) is 3.82. The molecule has 0 aliphatic carbocycles. The lowest BCUT2D eigenvalue weighted by Crippen LogP contribution is -2.04. The number of nitrogens with zero attached hydrogens (tertiary/aromatic N) is 7. The van der Waals surface area contributed by atoms with Crippen LogP contribution in [0.3, 0.4) is 0 Å². The number of aromatic amines is 1. The van der Waals surface area contributed by atoms with Crippen LogP contribution in [0.25, 0.3) is 106 Å². The number of aryl methyl sites for hydroxylation is 2. The highest BCUT2D eigenvalue weighted by atomic mass is 15.1. The molecule has 0 unspecified atom stereocenters. The highest BCUT2D eigenvalue weighted by Gasteiger charge is 2.22. The van der Waals surface area contributed by atoms with Gasteiger partial charge in [-0.15, -0.1) is 0 Å². The van der Waals surface area contributed by atoms with Gasteiger partial charge in [-0.3, -0.25) is 0 Å². The molecule has 1 N–H and O–H groups in total. The van der Waals surface area contributed by atoms with Gasteiger partial charge in [0.05, 0.1) is 22.2 Å². The summed E-state index contributed by atoms with van der Waals surface area (Å²) < 4.78 is 2.33. The van der Waals surface area contributed by atoms with E-state index in [4.69, 9.17) is 24.9 Å².